The zero-order valence-corrected chi connectivity index (χ0v) is 16.2. The summed E-state index contributed by atoms with van der Waals surface area (Å²) >= 11 is 18.1. The van der Waals surface area contributed by atoms with Crippen molar-refractivity contribution in [3.8, 4) is 0 Å². The molecule has 7 heteroatoms. The van der Waals surface area contributed by atoms with Crippen molar-refractivity contribution in [3.63, 3.8) is 0 Å². The van der Waals surface area contributed by atoms with E-state index in [1.165, 1.54) is 0 Å². The summed E-state index contributed by atoms with van der Waals surface area (Å²) in [5.74, 6) is -0.139. The second-order valence-corrected chi connectivity index (χ2v) is 7.30. The molecule has 3 rings (SSSR count). The molecule has 4 nitrogen and oxygen atoms in total. The van der Waals surface area contributed by atoms with Gasteiger partial charge in [0.2, 0.25) is 5.91 Å². The normalized spacial score (nSPS) is 14.4. The van der Waals surface area contributed by atoms with Crippen LogP contribution in [0.15, 0.2) is 42.5 Å². The molecule has 2 aromatic carbocycles. The average Bonchev–Trinajstić information content (AvgIpc) is 2.63. The first-order valence-corrected chi connectivity index (χ1v) is 9.34. The van der Waals surface area contributed by atoms with E-state index in [1.807, 2.05) is 12.1 Å². The highest BCUT2D eigenvalue weighted by atomic mass is 35.5. The number of hydrogen-bond acceptors (Lipinski definition) is 2. The van der Waals surface area contributed by atoms with E-state index in [2.05, 4.69) is 0 Å². The Labute approximate surface area is 167 Å². The van der Waals surface area contributed by atoms with E-state index in [4.69, 9.17) is 34.8 Å². The molecule has 0 N–H and O–H groups in total. The molecule has 1 saturated heterocycles. The fourth-order valence-corrected chi connectivity index (χ4v) is 3.53. The lowest BCUT2D eigenvalue weighted by molar-refractivity contribution is -0.131. The Kier molecular flexibility index (Phi) is 6.07. The summed E-state index contributed by atoms with van der Waals surface area (Å²) in [6, 6.07) is 12.3. The number of carbonyl (C=O) groups is 2. The minimum atomic E-state index is -0.167. The maximum absolute atomic E-state index is 12.6. The van der Waals surface area contributed by atoms with Gasteiger partial charge in [-0.3, -0.25) is 9.59 Å². The van der Waals surface area contributed by atoms with Gasteiger partial charge in [0.25, 0.3) is 5.91 Å². The van der Waals surface area contributed by atoms with E-state index in [9.17, 15) is 9.59 Å². The Morgan fingerprint density at radius 3 is 2.23 bits per heavy atom. The quantitative estimate of drug-likeness (QED) is 0.760. The van der Waals surface area contributed by atoms with Gasteiger partial charge in [0.15, 0.2) is 0 Å². The third-order valence-electron chi connectivity index (χ3n) is 4.35. The van der Waals surface area contributed by atoms with Gasteiger partial charge in [-0.2, -0.15) is 0 Å². The molecule has 1 aliphatic heterocycles. The summed E-state index contributed by atoms with van der Waals surface area (Å²) in [4.78, 5) is 28.6. The molecule has 0 unspecified atom stereocenters. The molecule has 0 saturated carbocycles. The number of rotatable bonds is 3. The van der Waals surface area contributed by atoms with Gasteiger partial charge in [0.05, 0.1) is 22.0 Å². The lowest BCUT2D eigenvalue weighted by atomic mass is 10.1. The predicted molar refractivity (Wildman–Crippen MR) is 104 cm³/mol. The molecule has 2 amide bonds. The summed E-state index contributed by atoms with van der Waals surface area (Å²) < 4.78 is 0. The Balaban J connectivity index is 1.59. The summed E-state index contributed by atoms with van der Waals surface area (Å²) in [7, 11) is 0. The molecule has 0 radical (unpaired) electrons. The number of hydrogen-bond donors (Lipinski definition) is 0. The van der Waals surface area contributed by atoms with Crippen LogP contribution in [0, 0.1) is 0 Å². The largest absolute Gasteiger partial charge is 0.339 e. The van der Waals surface area contributed by atoms with Crippen molar-refractivity contribution in [3.05, 3.63) is 68.7 Å². The van der Waals surface area contributed by atoms with Crippen molar-refractivity contribution < 1.29 is 9.59 Å². The van der Waals surface area contributed by atoms with Gasteiger partial charge in [0, 0.05) is 31.2 Å². The number of carbonyl (C=O) groups excluding carboxylic acids is 2. The van der Waals surface area contributed by atoms with Gasteiger partial charge in [-0.15, -0.1) is 0 Å². The molecule has 136 valence electrons. The first kappa shape index (κ1) is 19.0. The van der Waals surface area contributed by atoms with Crippen LogP contribution in [0.3, 0.4) is 0 Å². The van der Waals surface area contributed by atoms with Crippen LogP contribution >= 0.6 is 34.8 Å². The van der Waals surface area contributed by atoms with E-state index in [0.29, 0.717) is 48.2 Å². The first-order valence-electron chi connectivity index (χ1n) is 8.21. The van der Waals surface area contributed by atoms with Crippen LogP contribution in [0.4, 0.5) is 0 Å². The van der Waals surface area contributed by atoms with Gasteiger partial charge in [-0.05, 0) is 29.8 Å². The van der Waals surface area contributed by atoms with Gasteiger partial charge in [-0.25, -0.2) is 0 Å². The monoisotopic (exact) mass is 410 g/mol. The second-order valence-electron chi connectivity index (χ2n) is 6.08. The highest BCUT2D eigenvalue weighted by molar-refractivity contribution is 6.43. The molecule has 1 fully saturated rings. The molecule has 1 aliphatic rings. The molecule has 26 heavy (non-hydrogen) atoms. The Bertz CT molecular complexity index is 833. The Morgan fingerprint density at radius 1 is 0.885 bits per heavy atom. The molecule has 0 aromatic heterocycles. The molecule has 0 bridgehead atoms. The zero-order valence-electron chi connectivity index (χ0n) is 13.9. The van der Waals surface area contributed by atoms with Crippen molar-refractivity contribution in [2.45, 2.75) is 6.42 Å². The van der Waals surface area contributed by atoms with E-state index in [1.54, 1.807) is 40.1 Å². The van der Waals surface area contributed by atoms with Crippen LogP contribution in [0.5, 0.6) is 0 Å². The SMILES string of the molecule is O=C(Cc1cccc(Cl)c1)N1CCN(C(=O)c2cccc(Cl)c2Cl)CC1. The van der Waals surface area contributed by atoms with E-state index < -0.39 is 0 Å². The van der Waals surface area contributed by atoms with E-state index >= 15 is 0 Å². The second kappa shape index (κ2) is 8.30. The molecule has 0 aliphatic carbocycles. The third kappa shape index (κ3) is 4.32. The Hall–Kier alpha value is -1.75. The molecule has 2 aromatic rings. The molecule has 0 atom stereocenters. The zero-order chi connectivity index (χ0) is 18.7. The lowest BCUT2D eigenvalue weighted by Gasteiger charge is -2.35. The number of amides is 2. The smallest absolute Gasteiger partial charge is 0.255 e. The summed E-state index contributed by atoms with van der Waals surface area (Å²) in [6.45, 7) is 1.90. The summed E-state index contributed by atoms with van der Waals surface area (Å²) in [6.07, 6.45) is 0.300. The van der Waals surface area contributed by atoms with Crippen LogP contribution in [-0.4, -0.2) is 47.8 Å². The number of benzene rings is 2. The van der Waals surface area contributed by atoms with Crippen LogP contribution in [0.2, 0.25) is 15.1 Å². The van der Waals surface area contributed by atoms with Crippen molar-refractivity contribution >= 4 is 46.6 Å². The van der Waals surface area contributed by atoms with Gasteiger partial charge < -0.3 is 9.80 Å². The topological polar surface area (TPSA) is 40.6 Å². The predicted octanol–water partition coefficient (Wildman–Crippen LogP) is 4.17. The van der Waals surface area contributed by atoms with Crippen LogP contribution in [0.1, 0.15) is 15.9 Å². The molecule has 1 heterocycles. The highest BCUT2D eigenvalue weighted by Crippen LogP contribution is 2.26. The van der Waals surface area contributed by atoms with E-state index in [0.717, 1.165) is 5.56 Å². The Morgan fingerprint density at radius 2 is 1.54 bits per heavy atom. The summed E-state index contributed by atoms with van der Waals surface area (Å²) in [5, 5.41) is 1.23. The highest BCUT2D eigenvalue weighted by Gasteiger charge is 2.26. The van der Waals surface area contributed by atoms with E-state index in [-0.39, 0.29) is 16.8 Å². The van der Waals surface area contributed by atoms with Gasteiger partial charge >= 0.3 is 0 Å². The standard InChI is InChI=1S/C19H17Cl3N2O2/c20-14-4-1-3-13(11-14)12-17(25)23-7-9-24(10-8-23)19(26)15-5-2-6-16(21)18(15)22/h1-6,11H,7-10,12H2. The first-order chi connectivity index (χ1) is 12.5. The lowest BCUT2D eigenvalue weighted by Crippen LogP contribution is -2.51. The molecular formula is C19H17Cl3N2O2. The average molecular weight is 412 g/mol. The minimum Gasteiger partial charge on any atom is -0.339 e. The number of piperazine rings is 1. The maximum Gasteiger partial charge on any atom is 0.255 e. The van der Waals surface area contributed by atoms with Crippen LogP contribution in [-0.2, 0) is 11.2 Å². The maximum atomic E-state index is 12.6. The minimum absolute atomic E-state index is 0.0279. The number of halogens is 3. The fraction of sp³-hybridized carbons (Fsp3) is 0.263. The van der Waals surface area contributed by atoms with Crippen LogP contribution < -0.4 is 0 Å². The fourth-order valence-electron chi connectivity index (χ4n) is 2.93. The van der Waals surface area contributed by atoms with Crippen molar-refractivity contribution in [1.29, 1.82) is 0 Å². The summed E-state index contributed by atoms with van der Waals surface area (Å²) in [5.41, 5.74) is 1.27. The molecular weight excluding hydrogens is 395 g/mol. The number of nitrogens with zero attached hydrogens (tertiary/aromatic N) is 2. The van der Waals surface area contributed by atoms with Crippen molar-refractivity contribution in [2.24, 2.45) is 0 Å². The third-order valence-corrected chi connectivity index (χ3v) is 5.40. The van der Waals surface area contributed by atoms with Crippen LogP contribution in [0.25, 0.3) is 0 Å². The molecule has 0 spiro atoms. The van der Waals surface area contributed by atoms with Crippen molar-refractivity contribution in [2.75, 3.05) is 26.2 Å². The van der Waals surface area contributed by atoms with Gasteiger partial charge in [-0.1, -0.05) is 53.0 Å². The van der Waals surface area contributed by atoms with Gasteiger partial charge in [0.1, 0.15) is 0 Å². The van der Waals surface area contributed by atoms with Crippen molar-refractivity contribution in [1.82, 2.24) is 9.80 Å².